The molecule has 0 aliphatic carbocycles. The Kier molecular flexibility index (Phi) is 6.40. The number of hydrogen-bond acceptors (Lipinski definition) is 2. The predicted molar refractivity (Wildman–Crippen MR) is 81.7 cm³/mol. The third kappa shape index (κ3) is 3.98. The molecule has 0 fully saturated rings. The lowest BCUT2D eigenvalue weighted by atomic mass is 10.1. The Labute approximate surface area is 117 Å². The number of nitrogens with zero attached hydrogens (tertiary/aromatic N) is 1. The molecular weight excluding hydrogens is 236 g/mol. The lowest BCUT2D eigenvalue weighted by molar-refractivity contribution is 0.0701. The van der Waals surface area contributed by atoms with Gasteiger partial charge in [-0.15, -0.1) is 0 Å². The van der Waals surface area contributed by atoms with Gasteiger partial charge in [0.2, 0.25) is 0 Å². The summed E-state index contributed by atoms with van der Waals surface area (Å²) in [6, 6.07) is 8.05. The predicted octanol–water partition coefficient (Wildman–Crippen LogP) is 3.77. The van der Waals surface area contributed by atoms with Gasteiger partial charge in [-0.1, -0.05) is 26.0 Å². The maximum atomic E-state index is 12.6. The van der Waals surface area contributed by atoms with E-state index in [1.807, 2.05) is 36.1 Å². The molecule has 3 heteroatoms. The van der Waals surface area contributed by atoms with Gasteiger partial charge in [-0.2, -0.15) is 0 Å². The van der Waals surface area contributed by atoms with Crippen LogP contribution in [-0.4, -0.2) is 29.9 Å². The van der Waals surface area contributed by atoms with Gasteiger partial charge in [0.1, 0.15) is 0 Å². The lowest BCUT2D eigenvalue weighted by Crippen LogP contribution is -2.38. The van der Waals surface area contributed by atoms with E-state index < -0.39 is 0 Å². The van der Waals surface area contributed by atoms with Crippen LogP contribution in [0.15, 0.2) is 24.3 Å². The maximum absolute atomic E-state index is 12.6. The molecule has 1 rings (SSSR count). The second-order valence-corrected chi connectivity index (χ2v) is 4.82. The summed E-state index contributed by atoms with van der Waals surface area (Å²) in [4.78, 5) is 14.6. The highest BCUT2D eigenvalue weighted by Gasteiger charge is 2.20. The van der Waals surface area contributed by atoms with Gasteiger partial charge in [-0.3, -0.25) is 4.79 Å². The molecule has 106 valence electrons. The van der Waals surface area contributed by atoms with E-state index in [9.17, 15) is 4.79 Å². The van der Waals surface area contributed by atoms with E-state index >= 15 is 0 Å². The average molecular weight is 262 g/mol. The van der Waals surface area contributed by atoms with E-state index in [1.165, 1.54) is 0 Å². The van der Waals surface area contributed by atoms with Crippen molar-refractivity contribution in [3.63, 3.8) is 0 Å². The molecule has 1 amide bonds. The molecule has 0 bridgehead atoms. The van der Waals surface area contributed by atoms with Gasteiger partial charge in [0.25, 0.3) is 5.91 Å². The monoisotopic (exact) mass is 262 g/mol. The van der Waals surface area contributed by atoms with Crippen molar-refractivity contribution in [3.8, 4) is 0 Å². The van der Waals surface area contributed by atoms with Crippen molar-refractivity contribution in [2.75, 3.05) is 18.4 Å². The third-order valence-electron chi connectivity index (χ3n) is 3.45. The molecular formula is C16H26N2O. The molecule has 3 nitrogen and oxygen atoms in total. The summed E-state index contributed by atoms with van der Waals surface area (Å²) in [6.45, 7) is 10.0. The maximum Gasteiger partial charge on any atom is 0.256 e. The molecule has 1 N–H and O–H groups in total. The highest BCUT2D eigenvalue weighted by atomic mass is 16.2. The summed E-state index contributed by atoms with van der Waals surface area (Å²) in [6.07, 6.45) is 2.02. The number of carbonyl (C=O) groups is 1. The van der Waals surface area contributed by atoms with E-state index in [4.69, 9.17) is 0 Å². The Morgan fingerprint density at radius 3 is 2.53 bits per heavy atom. The summed E-state index contributed by atoms with van der Waals surface area (Å²) >= 11 is 0. The molecule has 0 radical (unpaired) electrons. The van der Waals surface area contributed by atoms with Gasteiger partial charge in [0.05, 0.1) is 5.56 Å². The number of carbonyl (C=O) groups excluding carboxylic acids is 1. The first kappa shape index (κ1) is 15.5. The third-order valence-corrected chi connectivity index (χ3v) is 3.45. The fourth-order valence-electron chi connectivity index (χ4n) is 2.11. The van der Waals surface area contributed by atoms with E-state index in [1.54, 1.807) is 0 Å². The minimum Gasteiger partial charge on any atom is -0.384 e. The van der Waals surface area contributed by atoms with Gasteiger partial charge >= 0.3 is 0 Å². The van der Waals surface area contributed by atoms with Crippen molar-refractivity contribution in [1.29, 1.82) is 0 Å². The first-order valence-electron chi connectivity index (χ1n) is 7.29. The molecule has 0 spiro atoms. The zero-order chi connectivity index (χ0) is 14.3. The standard InChI is InChI=1S/C16H26N2O/c1-5-12-17-15-11-9-8-10-14(15)16(19)18(7-3)13(4)6-2/h8-11,13,17H,5-7,12H2,1-4H3. The van der Waals surface area contributed by atoms with Crippen molar-refractivity contribution in [3.05, 3.63) is 29.8 Å². The number of benzene rings is 1. The minimum atomic E-state index is 0.121. The molecule has 0 aliphatic rings. The van der Waals surface area contributed by atoms with Crippen molar-refractivity contribution in [1.82, 2.24) is 4.90 Å². The van der Waals surface area contributed by atoms with Crippen LogP contribution in [0, 0.1) is 0 Å². The second kappa shape index (κ2) is 7.82. The SMILES string of the molecule is CCCNc1ccccc1C(=O)N(CC)C(C)CC. The number of hydrogen-bond donors (Lipinski definition) is 1. The molecule has 0 saturated carbocycles. The van der Waals surface area contributed by atoms with Crippen molar-refractivity contribution in [2.45, 2.75) is 46.6 Å². The summed E-state index contributed by atoms with van der Waals surface area (Å²) in [5.74, 6) is 0.121. The summed E-state index contributed by atoms with van der Waals surface area (Å²) < 4.78 is 0. The van der Waals surface area contributed by atoms with Crippen LogP contribution >= 0.6 is 0 Å². The van der Waals surface area contributed by atoms with Gasteiger partial charge in [0.15, 0.2) is 0 Å². The molecule has 1 unspecified atom stereocenters. The van der Waals surface area contributed by atoms with Crippen LogP contribution in [0.25, 0.3) is 0 Å². The Morgan fingerprint density at radius 1 is 1.26 bits per heavy atom. The first-order chi connectivity index (χ1) is 9.15. The van der Waals surface area contributed by atoms with Gasteiger partial charge in [-0.25, -0.2) is 0 Å². The summed E-state index contributed by atoms with van der Waals surface area (Å²) in [5.41, 5.74) is 1.72. The fourth-order valence-corrected chi connectivity index (χ4v) is 2.11. The lowest BCUT2D eigenvalue weighted by Gasteiger charge is -2.28. The molecule has 19 heavy (non-hydrogen) atoms. The molecule has 0 aromatic heterocycles. The van der Waals surface area contributed by atoms with Crippen LogP contribution < -0.4 is 5.32 Å². The van der Waals surface area contributed by atoms with Crippen LogP contribution in [-0.2, 0) is 0 Å². The van der Waals surface area contributed by atoms with E-state index in [2.05, 4.69) is 26.1 Å². The van der Waals surface area contributed by atoms with Crippen LogP contribution in [0.5, 0.6) is 0 Å². The number of amides is 1. The fraction of sp³-hybridized carbons (Fsp3) is 0.562. The number of para-hydroxylation sites is 1. The highest BCUT2D eigenvalue weighted by Crippen LogP contribution is 2.19. The smallest absolute Gasteiger partial charge is 0.256 e. The topological polar surface area (TPSA) is 32.3 Å². The quantitative estimate of drug-likeness (QED) is 0.811. The van der Waals surface area contributed by atoms with Gasteiger partial charge in [0, 0.05) is 24.8 Å². The molecule has 0 heterocycles. The molecule has 0 saturated heterocycles. The first-order valence-corrected chi connectivity index (χ1v) is 7.29. The Morgan fingerprint density at radius 2 is 1.95 bits per heavy atom. The van der Waals surface area contributed by atoms with Crippen LogP contribution in [0.4, 0.5) is 5.69 Å². The normalized spacial score (nSPS) is 12.0. The largest absolute Gasteiger partial charge is 0.384 e. The molecule has 1 atom stereocenters. The molecule has 0 aliphatic heterocycles. The zero-order valence-electron chi connectivity index (χ0n) is 12.6. The second-order valence-electron chi connectivity index (χ2n) is 4.82. The number of anilines is 1. The van der Waals surface area contributed by atoms with E-state index in [0.717, 1.165) is 37.2 Å². The number of rotatable bonds is 7. The summed E-state index contributed by atoms with van der Waals surface area (Å²) in [7, 11) is 0. The van der Waals surface area contributed by atoms with Crippen molar-refractivity contribution >= 4 is 11.6 Å². The minimum absolute atomic E-state index is 0.121. The van der Waals surface area contributed by atoms with E-state index in [-0.39, 0.29) is 11.9 Å². The Balaban J connectivity index is 2.97. The summed E-state index contributed by atoms with van der Waals surface area (Å²) in [5, 5.41) is 3.33. The van der Waals surface area contributed by atoms with Gasteiger partial charge < -0.3 is 10.2 Å². The Hall–Kier alpha value is -1.51. The van der Waals surface area contributed by atoms with Crippen LogP contribution in [0.1, 0.15) is 50.9 Å². The van der Waals surface area contributed by atoms with E-state index in [0.29, 0.717) is 0 Å². The van der Waals surface area contributed by atoms with Crippen LogP contribution in [0.3, 0.4) is 0 Å². The number of nitrogens with one attached hydrogen (secondary N) is 1. The average Bonchev–Trinajstić information content (AvgIpc) is 2.45. The Bertz CT molecular complexity index is 403. The van der Waals surface area contributed by atoms with Gasteiger partial charge in [-0.05, 0) is 38.8 Å². The highest BCUT2D eigenvalue weighted by molar-refractivity contribution is 5.99. The zero-order valence-corrected chi connectivity index (χ0v) is 12.6. The van der Waals surface area contributed by atoms with Crippen molar-refractivity contribution < 1.29 is 4.79 Å². The molecule has 1 aromatic carbocycles. The van der Waals surface area contributed by atoms with Crippen LogP contribution in [0.2, 0.25) is 0 Å². The van der Waals surface area contributed by atoms with Crippen molar-refractivity contribution in [2.24, 2.45) is 0 Å². The molecule has 1 aromatic rings.